The lowest BCUT2D eigenvalue weighted by molar-refractivity contribution is -0.0521. The summed E-state index contributed by atoms with van der Waals surface area (Å²) in [5, 5.41) is 3.33. The highest BCUT2D eigenvalue weighted by Crippen LogP contribution is 2.42. The zero-order valence-corrected chi connectivity index (χ0v) is 11.7. The number of nitrogens with one attached hydrogen (secondary N) is 1. The molecule has 1 aromatic rings. The Morgan fingerprint density at radius 1 is 1.22 bits per heavy atom. The van der Waals surface area contributed by atoms with Crippen LogP contribution in [0.3, 0.4) is 0 Å². The van der Waals surface area contributed by atoms with E-state index < -0.39 is 0 Å². The van der Waals surface area contributed by atoms with Crippen LogP contribution in [0.25, 0.3) is 0 Å². The summed E-state index contributed by atoms with van der Waals surface area (Å²) in [4.78, 5) is 0. The minimum absolute atomic E-state index is 0.188. The lowest BCUT2D eigenvalue weighted by Gasteiger charge is -2.51. The molecule has 2 atom stereocenters. The Morgan fingerprint density at radius 2 is 1.83 bits per heavy atom. The Balaban J connectivity index is 1.94. The van der Waals surface area contributed by atoms with Gasteiger partial charge in [-0.15, -0.1) is 0 Å². The lowest BCUT2D eigenvalue weighted by Crippen LogP contribution is -2.61. The molecule has 2 unspecified atom stereocenters. The number of ether oxygens (including phenoxy) is 2. The van der Waals surface area contributed by atoms with E-state index in [2.05, 4.69) is 19.2 Å². The topological polar surface area (TPSA) is 30.5 Å². The molecule has 0 saturated heterocycles. The second-order valence-electron chi connectivity index (χ2n) is 5.41. The average Bonchev–Trinajstić information content (AvgIpc) is 2.36. The van der Waals surface area contributed by atoms with E-state index in [0.29, 0.717) is 12.6 Å². The van der Waals surface area contributed by atoms with E-state index in [1.54, 1.807) is 0 Å². The maximum Gasteiger partial charge on any atom is 0.120 e. The van der Waals surface area contributed by atoms with E-state index in [-0.39, 0.29) is 11.5 Å². The first-order valence-electron chi connectivity index (χ1n) is 6.64. The predicted molar refractivity (Wildman–Crippen MR) is 73.3 cm³/mol. The van der Waals surface area contributed by atoms with Crippen molar-refractivity contribution in [3.05, 3.63) is 24.3 Å². The smallest absolute Gasteiger partial charge is 0.120 e. The van der Waals surface area contributed by atoms with Crippen LogP contribution in [0.15, 0.2) is 24.3 Å². The molecule has 2 rings (SSSR count). The molecule has 1 N–H and O–H groups in total. The van der Waals surface area contributed by atoms with Gasteiger partial charge >= 0.3 is 0 Å². The summed E-state index contributed by atoms with van der Waals surface area (Å²) in [6.07, 6.45) is 1.35. The van der Waals surface area contributed by atoms with Crippen LogP contribution in [0.5, 0.6) is 11.5 Å². The molecule has 0 bridgehead atoms. The SMILES string of the molecule is CCOc1ccc(OC2CC(NC)C2(C)C)cc1. The lowest BCUT2D eigenvalue weighted by atomic mass is 9.64. The summed E-state index contributed by atoms with van der Waals surface area (Å²) in [7, 11) is 2.01. The molecule has 0 aromatic heterocycles. The van der Waals surface area contributed by atoms with Gasteiger partial charge < -0.3 is 14.8 Å². The number of rotatable bonds is 5. The fourth-order valence-electron chi connectivity index (χ4n) is 2.52. The Morgan fingerprint density at radius 3 is 2.33 bits per heavy atom. The molecule has 0 radical (unpaired) electrons. The molecule has 0 heterocycles. The van der Waals surface area contributed by atoms with Crippen LogP contribution >= 0.6 is 0 Å². The Kier molecular flexibility index (Phi) is 3.81. The van der Waals surface area contributed by atoms with E-state index >= 15 is 0 Å². The second-order valence-corrected chi connectivity index (χ2v) is 5.41. The van der Waals surface area contributed by atoms with Crippen molar-refractivity contribution in [3.63, 3.8) is 0 Å². The van der Waals surface area contributed by atoms with Crippen molar-refractivity contribution in [2.45, 2.75) is 39.3 Å². The van der Waals surface area contributed by atoms with E-state index in [9.17, 15) is 0 Å². The van der Waals surface area contributed by atoms with E-state index in [0.717, 1.165) is 17.9 Å². The molecular weight excluding hydrogens is 226 g/mol. The maximum absolute atomic E-state index is 6.04. The molecule has 1 fully saturated rings. The maximum atomic E-state index is 6.04. The highest BCUT2D eigenvalue weighted by molar-refractivity contribution is 5.31. The van der Waals surface area contributed by atoms with Gasteiger partial charge in [-0.05, 0) is 38.2 Å². The monoisotopic (exact) mass is 249 g/mol. The molecular formula is C15H23NO2. The van der Waals surface area contributed by atoms with Crippen molar-refractivity contribution < 1.29 is 9.47 Å². The van der Waals surface area contributed by atoms with Crippen LogP contribution in [-0.2, 0) is 0 Å². The van der Waals surface area contributed by atoms with Gasteiger partial charge in [-0.3, -0.25) is 0 Å². The zero-order valence-electron chi connectivity index (χ0n) is 11.7. The fraction of sp³-hybridized carbons (Fsp3) is 0.600. The van der Waals surface area contributed by atoms with Gasteiger partial charge in [0.1, 0.15) is 17.6 Å². The highest BCUT2D eigenvalue weighted by Gasteiger charge is 2.49. The van der Waals surface area contributed by atoms with Crippen molar-refractivity contribution in [1.29, 1.82) is 0 Å². The molecule has 3 heteroatoms. The van der Waals surface area contributed by atoms with Crippen LogP contribution in [0, 0.1) is 5.41 Å². The first-order valence-corrected chi connectivity index (χ1v) is 6.64. The quantitative estimate of drug-likeness (QED) is 0.870. The molecule has 0 spiro atoms. The third-order valence-electron chi connectivity index (χ3n) is 3.94. The third-order valence-corrected chi connectivity index (χ3v) is 3.94. The summed E-state index contributed by atoms with van der Waals surface area (Å²) in [6, 6.07) is 8.42. The van der Waals surface area contributed by atoms with Crippen LogP contribution in [-0.4, -0.2) is 25.8 Å². The molecule has 18 heavy (non-hydrogen) atoms. The largest absolute Gasteiger partial charge is 0.494 e. The molecule has 0 aliphatic heterocycles. The predicted octanol–water partition coefficient (Wildman–Crippen LogP) is 2.85. The zero-order chi connectivity index (χ0) is 13.2. The van der Waals surface area contributed by atoms with E-state index in [1.165, 1.54) is 0 Å². The van der Waals surface area contributed by atoms with Gasteiger partial charge in [0.15, 0.2) is 0 Å². The number of hydrogen-bond acceptors (Lipinski definition) is 3. The number of benzene rings is 1. The third kappa shape index (κ3) is 2.46. The van der Waals surface area contributed by atoms with Crippen LogP contribution in [0.2, 0.25) is 0 Å². The summed E-state index contributed by atoms with van der Waals surface area (Å²) >= 11 is 0. The van der Waals surface area contributed by atoms with Crippen LogP contribution in [0.1, 0.15) is 27.2 Å². The summed E-state index contributed by atoms with van der Waals surface area (Å²) in [5.41, 5.74) is 0.188. The van der Waals surface area contributed by atoms with Crippen molar-refractivity contribution in [2.24, 2.45) is 5.41 Å². The summed E-state index contributed by atoms with van der Waals surface area (Å²) < 4.78 is 11.5. The molecule has 1 aliphatic rings. The van der Waals surface area contributed by atoms with Gasteiger partial charge in [0.05, 0.1) is 6.61 Å². The number of hydrogen-bond donors (Lipinski definition) is 1. The standard InChI is InChI=1S/C15H23NO2/c1-5-17-11-6-8-12(9-7-11)18-14-10-13(16-4)15(14,2)3/h6-9,13-14,16H,5,10H2,1-4H3. The minimum atomic E-state index is 0.188. The van der Waals surface area contributed by atoms with Gasteiger partial charge in [0.2, 0.25) is 0 Å². The van der Waals surface area contributed by atoms with Crippen LogP contribution < -0.4 is 14.8 Å². The first-order chi connectivity index (χ1) is 8.57. The van der Waals surface area contributed by atoms with Gasteiger partial charge in [-0.25, -0.2) is 0 Å². The molecule has 0 amide bonds. The Hall–Kier alpha value is -1.22. The normalized spacial score (nSPS) is 25.3. The van der Waals surface area contributed by atoms with E-state index in [1.807, 2.05) is 38.2 Å². The fourth-order valence-corrected chi connectivity index (χ4v) is 2.52. The molecule has 1 saturated carbocycles. The van der Waals surface area contributed by atoms with Gasteiger partial charge in [-0.1, -0.05) is 13.8 Å². The average molecular weight is 249 g/mol. The molecule has 100 valence electrons. The van der Waals surface area contributed by atoms with Crippen molar-refractivity contribution in [2.75, 3.05) is 13.7 Å². The van der Waals surface area contributed by atoms with Gasteiger partial charge in [-0.2, -0.15) is 0 Å². The summed E-state index contributed by atoms with van der Waals surface area (Å²) in [5.74, 6) is 1.82. The van der Waals surface area contributed by atoms with Crippen LogP contribution in [0.4, 0.5) is 0 Å². The second kappa shape index (κ2) is 5.19. The first kappa shape index (κ1) is 13.2. The highest BCUT2D eigenvalue weighted by atomic mass is 16.5. The van der Waals surface area contributed by atoms with Crippen molar-refractivity contribution in [1.82, 2.24) is 5.32 Å². The Labute approximate surface area is 109 Å². The van der Waals surface area contributed by atoms with Crippen molar-refractivity contribution in [3.8, 4) is 11.5 Å². The minimum Gasteiger partial charge on any atom is -0.494 e. The van der Waals surface area contributed by atoms with Gasteiger partial charge in [0, 0.05) is 17.9 Å². The van der Waals surface area contributed by atoms with Gasteiger partial charge in [0.25, 0.3) is 0 Å². The molecule has 1 aliphatic carbocycles. The Bertz CT molecular complexity index is 386. The van der Waals surface area contributed by atoms with Crippen molar-refractivity contribution >= 4 is 0 Å². The molecule has 3 nitrogen and oxygen atoms in total. The molecule has 1 aromatic carbocycles. The summed E-state index contributed by atoms with van der Waals surface area (Å²) in [6.45, 7) is 7.17. The van der Waals surface area contributed by atoms with E-state index in [4.69, 9.17) is 9.47 Å².